The van der Waals surface area contributed by atoms with Gasteiger partial charge >= 0.3 is 0 Å². The molecule has 1 fully saturated rings. The Bertz CT molecular complexity index is 139. The number of aliphatic hydroxyl groups excluding tert-OH is 1. The van der Waals surface area contributed by atoms with Crippen LogP contribution in [0.4, 0.5) is 0 Å². The van der Waals surface area contributed by atoms with Gasteiger partial charge in [0.15, 0.2) is 0 Å². The molecule has 1 aliphatic heterocycles. The monoisotopic (exact) mass is 176 g/mol. The lowest BCUT2D eigenvalue weighted by molar-refractivity contribution is -0.0397. The highest BCUT2D eigenvalue weighted by atomic mass is 16.6. The van der Waals surface area contributed by atoms with Gasteiger partial charge in [-0.1, -0.05) is 0 Å². The van der Waals surface area contributed by atoms with Crippen LogP contribution >= 0.6 is 0 Å². The Morgan fingerprint density at radius 3 is 2.25 bits per heavy atom. The summed E-state index contributed by atoms with van der Waals surface area (Å²) in [7, 11) is 3.22. The summed E-state index contributed by atoms with van der Waals surface area (Å²) in [6, 6.07) is 0. The van der Waals surface area contributed by atoms with Gasteiger partial charge in [0.2, 0.25) is 0 Å². The predicted octanol–water partition coefficient (Wildman–Crippen LogP) is -0.204. The van der Waals surface area contributed by atoms with Crippen LogP contribution in [0.5, 0.6) is 0 Å². The van der Waals surface area contributed by atoms with Crippen molar-refractivity contribution < 1.29 is 19.3 Å². The normalized spacial score (nSPS) is 42.0. The maximum Gasteiger partial charge on any atom is 0.114 e. The van der Waals surface area contributed by atoms with Crippen LogP contribution in [-0.2, 0) is 14.2 Å². The molecule has 0 saturated carbocycles. The molecule has 1 heterocycles. The zero-order valence-corrected chi connectivity index (χ0v) is 7.69. The van der Waals surface area contributed by atoms with Crippen molar-refractivity contribution in [2.24, 2.45) is 0 Å². The minimum Gasteiger partial charge on any atom is -0.394 e. The molecule has 1 saturated heterocycles. The van der Waals surface area contributed by atoms with Crippen LogP contribution in [0.2, 0.25) is 0 Å². The first-order chi connectivity index (χ1) is 5.74. The van der Waals surface area contributed by atoms with E-state index in [1.54, 1.807) is 14.2 Å². The molecule has 4 nitrogen and oxygen atoms in total. The highest BCUT2D eigenvalue weighted by molar-refractivity contribution is 4.90. The minimum atomic E-state index is -0.255. The van der Waals surface area contributed by atoms with Gasteiger partial charge in [-0.25, -0.2) is 0 Å². The van der Waals surface area contributed by atoms with Crippen molar-refractivity contribution in [1.82, 2.24) is 0 Å². The van der Waals surface area contributed by atoms with E-state index in [2.05, 4.69) is 0 Å². The molecule has 1 unspecified atom stereocenters. The van der Waals surface area contributed by atoms with Crippen molar-refractivity contribution in [1.29, 1.82) is 0 Å². The molecule has 0 aromatic rings. The zero-order valence-electron chi connectivity index (χ0n) is 7.69. The Hall–Kier alpha value is -0.160. The van der Waals surface area contributed by atoms with E-state index < -0.39 is 0 Å². The molecule has 1 N–H and O–H groups in total. The first-order valence-corrected chi connectivity index (χ1v) is 4.06. The van der Waals surface area contributed by atoms with Gasteiger partial charge in [0.1, 0.15) is 18.3 Å². The number of hydrogen-bond acceptors (Lipinski definition) is 4. The van der Waals surface area contributed by atoms with Crippen molar-refractivity contribution in [3.63, 3.8) is 0 Å². The third kappa shape index (κ3) is 1.61. The van der Waals surface area contributed by atoms with Gasteiger partial charge < -0.3 is 19.3 Å². The van der Waals surface area contributed by atoms with E-state index in [0.29, 0.717) is 0 Å². The molecule has 4 heteroatoms. The Labute approximate surface area is 72.4 Å². The minimum absolute atomic E-state index is 0.0166. The van der Waals surface area contributed by atoms with Gasteiger partial charge in [0, 0.05) is 14.2 Å². The molecule has 0 amide bonds. The molecule has 4 atom stereocenters. The summed E-state index contributed by atoms with van der Waals surface area (Å²) in [5.74, 6) is 0. The largest absolute Gasteiger partial charge is 0.394 e. The molecule has 1 aliphatic rings. The van der Waals surface area contributed by atoms with E-state index in [-0.39, 0.29) is 31.0 Å². The lowest BCUT2D eigenvalue weighted by Crippen LogP contribution is -2.36. The number of rotatable bonds is 3. The van der Waals surface area contributed by atoms with Crippen molar-refractivity contribution in [2.75, 3.05) is 20.8 Å². The predicted molar refractivity (Wildman–Crippen MR) is 43.0 cm³/mol. The van der Waals surface area contributed by atoms with Crippen molar-refractivity contribution in [3.8, 4) is 0 Å². The second-order valence-corrected chi connectivity index (χ2v) is 2.96. The van der Waals surface area contributed by atoms with Gasteiger partial charge in [-0.15, -0.1) is 0 Å². The molecule has 0 radical (unpaired) electrons. The number of aliphatic hydroxyl groups is 1. The molecule has 0 aromatic heterocycles. The average molecular weight is 176 g/mol. The fourth-order valence-corrected chi connectivity index (χ4v) is 1.67. The highest BCUT2D eigenvalue weighted by Crippen LogP contribution is 2.24. The van der Waals surface area contributed by atoms with Crippen LogP contribution in [-0.4, -0.2) is 50.3 Å². The van der Waals surface area contributed by atoms with E-state index in [4.69, 9.17) is 19.3 Å². The quantitative estimate of drug-likeness (QED) is 0.646. The third-order valence-electron chi connectivity index (χ3n) is 2.27. The van der Waals surface area contributed by atoms with Crippen LogP contribution in [0.25, 0.3) is 0 Å². The van der Waals surface area contributed by atoms with Gasteiger partial charge in [-0.05, 0) is 6.92 Å². The zero-order chi connectivity index (χ0) is 9.14. The topological polar surface area (TPSA) is 47.9 Å². The van der Waals surface area contributed by atoms with E-state index in [9.17, 15) is 0 Å². The lowest BCUT2D eigenvalue weighted by atomic mass is 10.1. The van der Waals surface area contributed by atoms with Crippen LogP contribution in [0.3, 0.4) is 0 Å². The second kappa shape index (κ2) is 4.18. The summed E-state index contributed by atoms with van der Waals surface area (Å²) in [5, 5.41) is 8.94. The average Bonchev–Trinajstić information content (AvgIpc) is 2.40. The summed E-state index contributed by atoms with van der Waals surface area (Å²) in [5.41, 5.74) is 0. The maximum absolute atomic E-state index is 8.94. The third-order valence-corrected chi connectivity index (χ3v) is 2.27. The van der Waals surface area contributed by atoms with E-state index in [1.165, 1.54) is 0 Å². The summed E-state index contributed by atoms with van der Waals surface area (Å²) in [4.78, 5) is 0. The molecular formula is C8H16O4. The van der Waals surface area contributed by atoms with Gasteiger partial charge in [0.05, 0.1) is 12.7 Å². The van der Waals surface area contributed by atoms with E-state index in [1.807, 2.05) is 6.92 Å². The molecule has 12 heavy (non-hydrogen) atoms. The number of ether oxygens (including phenoxy) is 3. The fraction of sp³-hybridized carbons (Fsp3) is 1.00. The lowest BCUT2D eigenvalue weighted by Gasteiger charge is -2.19. The summed E-state index contributed by atoms with van der Waals surface area (Å²) in [6.07, 6.45) is -0.505. The highest BCUT2D eigenvalue weighted by Gasteiger charge is 2.42. The number of methoxy groups -OCH3 is 2. The molecule has 72 valence electrons. The number of hydrogen-bond donors (Lipinski definition) is 1. The van der Waals surface area contributed by atoms with Gasteiger partial charge in [-0.2, -0.15) is 0 Å². The standard InChI is InChI=1S/C8H16O4/c1-5-7(10-2)8(11-3)6(4-9)12-5/h5-9H,4H2,1-3H3/t5-,6+,7+,8?/m0/s1. The van der Waals surface area contributed by atoms with Crippen LogP contribution < -0.4 is 0 Å². The molecule has 0 spiro atoms. The maximum atomic E-state index is 8.94. The van der Waals surface area contributed by atoms with Crippen LogP contribution in [0.15, 0.2) is 0 Å². The molecule has 0 aromatic carbocycles. The summed E-state index contributed by atoms with van der Waals surface area (Å²) in [6.45, 7) is 1.89. The SMILES string of the molecule is COC1[C@@H](CO)O[C@@H](C)[C@H]1OC. The first-order valence-electron chi connectivity index (χ1n) is 4.06. The van der Waals surface area contributed by atoms with E-state index in [0.717, 1.165) is 0 Å². The van der Waals surface area contributed by atoms with Crippen molar-refractivity contribution >= 4 is 0 Å². The van der Waals surface area contributed by atoms with Crippen LogP contribution in [0, 0.1) is 0 Å². The van der Waals surface area contributed by atoms with Gasteiger partial charge in [0.25, 0.3) is 0 Å². The first kappa shape index (κ1) is 9.92. The Kier molecular flexibility index (Phi) is 3.46. The molecular weight excluding hydrogens is 160 g/mol. The second-order valence-electron chi connectivity index (χ2n) is 2.96. The fourth-order valence-electron chi connectivity index (χ4n) is 1.67. The van der Waals surface area contributed by atoms with Crippen molar-refractivity contribution in [2.45, 2.75) is 31.3 Å². The Balaban J connectivity index is 2.61. The Morgan fingerprint density at radius 2 is 1.83 bits per heavy atom. The van der Waals surface area contributed by atoms with Gasteiger partial charge in [-0.3, -0.25) is 0 Å². The molecule has 0 bridgehead atoms. The van der Waals surface area contributed by atoms with E-state index >= 15 is 0 Å². The van der Waals surface area contributed by atoms with Crippen molar-refractivity contribution in [3.05, 3.63) is 0 Å². The molecule has 0 aliphatic carbocycles. The Morgan fingerprint density at radius 1 is 1.25 bits per heavy atom. The summed E-state index contributed by atoms with van der Waals surface area (Å²) >= 11 is 0. The van der Waals surface area contributed by atoms with Crippen LogP contribution in [0.1, 0.15) is 6.92 Å². The molecule has 1 rings (SSSR count). The summed E-state index contributed by atoms with van der Waals surface area (Å²) < 4.78 is 15.8. The smallest absolute Gasteiger partial charge is 0.114 e.